The second kappa shape index (κ2) is 9.43. The molecule has 1 atom stereocenters. The van der Waals surface area contributed by atoms with E-state index in [1.54, 1.807) is 0 Å². The van der Waals surface area contributed by atoms with Crippen molar-refractivity contribution in [1.82, 2.24) is 9.97 Å². The number of benzene rings is 1. The third-order valence-corrected chi connectivity index (χ3v) is 5.54. The number of aliphatic hydroxyl groups excluding tert-OH is 1. The molecule has 2 aromatic rings. The van der Waals surface area contributed by atoms with Gasteiger partial charge in [0, 0.05) is 25.1 Å². The van der Waals surface area contributed by atoms with Crippen LogP contribution in [0.2, 0.25) is 0 Å². The summed E-state index contributed by atoms with van der Waals surface area (Å²) in [4.78, 5) is 23.5. The van der Waals surface area contributed by atoms with Gasteiger partial charge in [-0.05, 0) is 35.6 Å². The molecule has 30 heavy (non-hydrogen) atoms. The zero-order chi connectivity index (χ0) is 21.8. The number of hydrogen-bond donors (Lipinski definition) is 2. The van der Waals surface area contributed by atoms with Gasteiger partial charge in [0.2, 0.25) is 0 Å². The summed E-state index contributed by atoms with van der Waals surface area (Å²) in [5, 5.41) is 13.1. The highest BCUT2D eigenvalue weighted by Gasteiger charge is 2.22. The first-order chi connectivity index (χ1) is 14.3. The topological polar surface area (TPSA) is 87.6 Å². The van der Waals surface area contributed by atoms with E-state index < -0.39 is 0 Å². The molecule has 1 aromatic carbocycles. The molecule has 7 heteroatoms. The summed E-state index contributed by atoms with van der Waals surface area (Å²) in [6.07, 6.45) is 0.829. The molecule has 162 valence electrons. The minimum atomic E-state index is -0.308. The number of hydrogen-bond acceptors (Lipinski definition) is 7. The lowest BCUT2D eigenvalue weighted by Crippen LogP contribution is -2.33. The van der Waals surface area contributed by atoms with Crippen molar-refractivity contribution in [3.63, 3.8) is 0 Å². The lowest BCUT2D eigenvalue weighted by molar-refractivity contribution is 0.0600. The van der Waals surface area contributed by atoms with E-state index in [-0.39, 0.29) is 30.5 Å². The Labute approximate surface area is 178 Å². The van der Waals surface area contributed by atoms with Gasteiger partial charge in [0.15, 0.2) is 0 Å². The van der Waals surface area contributed by atoms with Crippen LogP contribution in [0.1, 0.15) is 60.9 Å². The van der Waals surface area contributed by atoms with Crippen molar-refractivity contribution < 1.29 is 14.6 Å². The lowest BCUT2D eigenvalue weighted by Gasteiger charge is -2.31. The molecular weight excluding hydrogens is 380 g/mol. The maximum Gasteiger partial charge on any atom is 0.337 e. The van der Waals surface area contributed by atoms with Crippen molar-refractivity contribution in [3.8, 4) is 0 Å². The number of carbonyl (C=O) groups is 1. The van der Waals surface area contributed by atoms with Crippen molar-refractivity contribution in [1.29, 1.82) is 0 Å². The van der Waals surface area contributed by atoms with Gasteiger partial charge in [0.05, 0.1) is 25.3 Å². The lowest BCUT2D eigenvalue weighted by atomic mass is 9.97. The highest BCUT2D eigenvalue weighted by atomic mass is 16.5. The summed E-state index contributed by atoms with van der Waals surface area (Å²) >= 11 is 0. The number of ether oxygens (including phenoxy) is 1. The van der Waals surface area contributed by atoms with Crippen LogP contribution >= 0.6 is 0 Å². The van der Waals surface area contributed by atoms with Crippen LogP contribution in [-0.4, -0.2) is 47.3 Å². The quantitative estimate of drug-likeness (QED) is 0.674. The van der Waals surface area contributed by atoms with Gasteiger partial charge in [-0.3, -0.25) is 0 Å². The first-order valence-electron chi connectivity index (χ1n) is 10.5. The molecule has 0 fully saturated rings. The van der Waals surface area contributed by atoms with E-state index >= 15 is 0 Å². The number of esters is 1. The van der Waals surface area contributed by atoms with Crippen LogP contribution in [0.25, 0.3) is 0 Å². The summed E-state index contributed by atoms with van der Waals surface area (Å²) < 4.78 is 4.83. The van der Waals surface area contributed by atoms with Crippen molar-refractivity contribution in [3.05, 3.63) is 46.8 Å². The van der Waals surface area contributed by atoms with Crippen molar-refractivity contribution in [2.45, 2.75) is 52.6 Å². The molecule has 2 N–H and O–H groups in total. The van der Waals surface area contributed by atoms with Gasteiger partial charge in [-0.25, -0.2) is 14.8 Å². The van der Waals surface area contributed by atoms with E-state index in [9.17, 15) is 9.90 Å². The van der Waals surface area contributed by atoms with E-state index in [1.807, 2.05) is 24.3 Å². The molecule has 1 aromatic heterocycles. The average Bonchev–Trinajstić information content (AvgIpc) is 2.75. The fourth-order valence-electron chi connectivity index (χ4n) is 3.55. The van der Waals surface area contributed by atoms with Gasteiger partial charge in [-0.2, -0.15) is 0 Å². The van der Waals surface area contributed by atoms with Gasteiger partial charge >= 0.3 is 5.97 Å². The fourth-order valence-corrected chi connectivity index (χ4v) is 3.55. The molecule has 0 bridgehead atoms. The second-order valence-electron chi connectivity index (χ2n) is 8.45. The first kappa shape index (κ1) is 22.0. The Balaban J connectivity index is 1.87. The Morgan fingerprint density at radius 2 is 1.97 bits per heavy atom. The number of fused-ring (bicyclic) bond motifs is 1. The Kier molecular flexibility index (Phi) is 6.92. The van der Waals surface area contributed by atoms with E-state index in [0.717, 1.165) is 37.0 Å². The predicted octanol–water partition coefficient (Wildman–Crippen LogP) is 3.38. The third-order valence-electron chi connectivity index (χ3n) is 5.54. The van der Waals surface area contributed by atoms with E-state index in [2.05, 4.69) is 42.9 Å². The summed E-state index contributed by atoms with van der Waals surface area (Å²) in [7, 11) is 1.40. The minimum Gasteiger partial charge on any atom is -0.465 e. The Morgan fingerprint density at radius 3 is 2.60 bits per heavy atom. The predicted molar refractivity (Wildman–Crippen MR) is 118 cm³/mol. The summed E-state index contributed by atoms with van der Waals surface area (Å²) in [5.74, 6) is 2.56. The molecular formula is C23H32N4O3. The zero-order valence-corrected chi connectivity index (χ0v) is 18.5. The number of methoxy groups -OCH3 is 1. The maximum absolute atomic E-state index is 11.8. The number of carbonyl (C=O) groups excluding carboxylic acids is 1. The normalized spacial score (nSPS) is 14.6. The molecule has 1 aliphatic heterocycles. The number of nitrogens with one attached hydrogen (secondary N) is 1. The fraction of sp³-hybridized carbons (Fsp3) is 0.522. The third kappa shape index (κ3) is 4.90. The molecule has 1 aliphatic rings. The largest absolute Gasteiger partial charge is 0.465 e. The molecule has 7 nitrogen and oxygen atoms in total. The molecule has 0 aliphatic carbocycles. The van der Waals surface area contributed by atoms with Gasteiger partial charge in [-0.1, -0.05) is 33.8 Å². The summed E-state index contributed by atoms with van der Waals surface area (Å²) in [5.41, 5.74) is 2.94. The molecule has 2 heterocycles. The summed E-state index contributed by atoms with van der Waals surface area (Å²) in [6.45, 7) is 9.88. The van der Waals surface area contributed by atoms with Gasteiger partial charge in [0.1, 0.15) is 17.5 Å². The molecule has 0 amide bonds. The van der Waals surface area contributed by atoms with Gasteiger partial charge in [-0.15, -0.1) is 0 Å². The average molecular weight is 413 g/mol. The van der Waals surface area contributed by atoms with Crippen LogP contribution in [0, 0.1) is 5.92 Å². The van der Waals surface area contributed by atoms with Crippen LogP contribution in [-0.2, 0) is 17.7 Å². The second-order valence-corrected chi connectivity index (χ2v) is 8.45. The van der Waals surface area contributed by atoms with E-state index in [0.29, 0.717) is 5.56 Å². The monoisotopic (exact) mass is 412 g/mol. The number of aromatic nitrogens is 2. The highest BCUT2D eigenvalue weighted by molar-refractivity contribution is 5.89. The smallest absolute Gasteiger partial charge is 0.337 e. The van der Waals surface area contributed by atoms with Crippen molar-refractivity contribution in [2.24, 2.45) is 5.92 Å². The van der Waals surface area contributed by atoms with Crippen LogP contribution in [0.4, 0.5) is 11.6 Å². The van der Waals surface area contributed by atoms with Crippen LogP contribution in [0.5, 0.6) is 0 Å². The zero-order valence-electron chi connectivity index (χ0n) is 18.5. The van der Waals surface area contributed by atoms with Crippen molar-refractivity contribution >= 4 is 17.6 Å². The van der Waals surface area contributed by atoms with Gasteiger partial charge < -0.3 is 20.1 Å². The maximum atomic E-state index is 11.8. The molecule has 0 saturated carbocycles. The molecule has 0 spiro atoms. The van der Waals surface area contributed by atoms with Crippen molar-refractivity contribution in [2.75, 3.05) is 30.5 Å². The molecule has 0 unspecified atom stereocenters. The highest BCUT2D eigenvalue weighted by Crippen LogP contribution is 2.27. The van der Waals surface area contributed by atoms with E-state index in [1.165, 1.54) is 18.2 Å². The Hall–Kier alpha value is -2.67. The Morgan fingerprint density at radius 1 is 1.20 bits per heavy atom. The molecule has 0 saturated heterocycles. The number of anilines is 2. The van der Waals surface area contributed by atoms with Gasteiger partial charge in [0.25, 0.3) is 0 Å². The number of aliphatic hydroxyl groups is 1. The minimum absolute atomic E-state index is 0.0492. The van der Waals surface area contributed by atoms with Crippen LogP contribution < -0.4 is 10.2 Å². The first-order valence-corrected chi connectivity index (χ1v) is 10.5. The summed E-state index contributed by atoms with van der Waals surface area (Å²) in [6, 6.07) is 7.64. The van der Waals surface area contributed by atoms with Crippen LogP contribution in [0.3, 0.4) is 0 Å². The molecule has 0 radical (unpaired) electrons. The SMILES string of the molecule is COC(=O)c1ccc2c(c1)CCN(c1cc(N[C@@H](CO)C(C)C)nc(C(C)C)n1)C2. The van der Waals surface area contributed by atoms with Crippen LogP contribution in [0.15, 0.2) is 24.3 Å². The van der Waals surface area contributed by atoms with E-state index in [4.69, 9.17) is 9.72 Å². The number of nitrogens with zero attached hydrogens (tertiary/aromatic N) is 3. The Bertz CT molecular complexity index is 898. The number of rotatable bonds is 7. The standard InChI is InChI=1S/C23H32N4O3/c1-14(2)19(13-28)24-20-11-21(26-22(25-20)15(3)4)27-9-8-16-10-17(23(29)30-5)6-7-18(16)12-27/h6-7,10-11,14-15,19,28H,8-9,12-13H2,1-5H3,(H,24,25,26)/t19-/m0/s1. The molecule has 3 rings (SSSR count).